The van der Waals surface area contributed by atoms with Crippen molar-refractivity contribution in [3.05, 3.63) is 34.6 Å². The lowest BCUT2D eigenvalue weighted by molar-refractivity contribution is 0.0562. The number of aliphatic hydroxyl groups excluding tert-OH is 1. The Labute approximate surface area is 117 Å². The van der Waals surface area contributed by atoms with Crippen molar-refractivity contribution in [2.24, 2.45) is 0 Å². The molecular formula is C14H17ClFNO2. The molecule has 19 heavy (non-hydrogen) atoms. The second-order valence-corrected chi connectivity index (χ2v) is 5.20. The first-order chi connectivity index (χ1) is 9.13. The van der Waals surface area contributed by atoms with E-state index in [0.29, 0.717) is 18.5 Å². The standard InChI is InChI=1S/C14H17ClFNO2/c15-12-9-10(5-6-13(12)16)14(19)17(7-2-8-18)11-3-1-4-11/h5-6,9,11,18H,1-4,7-8H2. The summed E-state index contributed by atoms with van der Waals surface area (Å²) in [6.07, 6.45) is 3.66. The van der Waals surface area contributed by atoms with Gasteiger partial charge < -0.3 is 10.0 Å². The Morgan fingerprint density at radius 1 is 1.47 bits per heavy atom. The van der Waals surface area contributed by atoms with E-state index in [0.717, 1.165) is 19.3 Å². The van der Waals surface area contributed by atoms with Gasteiger partial charge in [-0.05, 0) is 43.9 Å². The fraction of sp³-hybridized carbons (Fsp3) is 0.500. The van der Waals surface area contributed by atoms with E-state index in [2.05, 4.69) is 0 Å². The summed E-state index contributed by atoms with van der Waals surface area (Å²) in [5.41, 5.74) is 0.399. The van der Waals surface area contributed by atoms with Crippen LogP contribution in [0.3, 0.4) is 0 Å². The van der Waals surface area contributed by atoms with Gasteiger partial charge in [0.25, 0.3) is 5.91 Å². The molecule has 3 nitrogen and oxygen atoms in total. The van der Waals surface area contributed by atoms with Crippen molar-refractivity contribution in [3.8, 4) is 0 Å². The SMILES string of the molecule is O=C(c1ccc(F)c(Cl)c1)N(CCCO)C1CCC1. The van der Waals surface area contributed by atoms with E-state index < -0.39 is 5.82 Å². The number of carbonyl (C=O) groups excluding carboxylic acids is 1. The number of halogens is 2. The number of aliphatic hydroxyl groups is 1. The van der Waals surface area contributed by atoms with E-state index in [9.17, 15) is 9.18 Å². The Kier molecular flexibility index (Phi) is 4.77. The van der Waals surface area contributed by atoms with Gasteiger partial charge in [-0.1, -0.05) is 11.6 Å². The smallest absolute Gasteiger partial charge is 0.254 e. The number of hydrogen-bond acceptors (Lipinski definition) is 2. The largest absolute Gasteiger partial charge is 0.396 e. The van der Waals surface area contributed by atoms with Crippen molar-refractivity contribution < 1.29 is 14.3 Å². The van der Waals surface area contributed by atoms with E-state index in [1.165, 1.54) is 18.2 Å². The maximum Gasteiger partial charge on any atom is 0.254 e. The van der Waals surface area contributed by atoms with Gasteiger partial charge in [0.1, 0.15) is 5.82 Å². The van der Waals surface area contributed by atoms with Crippen LogP contribution in [0.15, 0.2) is 18.2 Å². The Hall–Kier alpha value is -1.13. The molecule has 1 fully saturated rings. The predicted molar refractivity (Wildman–Crippen MR) is 71.8 cm³/mol. The van der Waals surface area contributed by atoms with Crippen LogP contribution >= 0.6 is 11.6 Å². The van der Waals surface area contributed by atoms with Gasteiger partial charge in [-0.3, -0.25) is 4.79 Å². The number of benzene rings is 1. The number of amides is 1. The van der Waals surface area contributed by atoms with Gasteiger partial charge in [-0.25, -0.2) is 4.39 Å². The third-order valence-corrected chi connectivity index (χ3v) is 3.79. The average molecular weight is 286 g/mol. The molecule has 1 aliphatic carbocycles. The number of rotatable bonds is 5. The number of carbonyl (C=O) groups is 1. The summed E-state index contributed by atoms with van der Waals surface area (Å²) >= 11 is 5.71. The minimum absolute atomic E-state index is 0.0402. The molecule has 0 radical (unpaired) electrons. The molecule has 0 unspecified atom stereocenters. The van der Waals surface area contributed by atoms with Crippen LogP contribution in [-0.2, 0) is 0 Å². The van der Waals surface area contributed by atoms with Crippen molar-refractivity contribution in [3.63, 3.8) is 0 Å². The first kappa shape index (κ1) is 14.3. The molecule has 1 aliphatic rings. The molecular weight excluding hydrogens is 269 g/mol. The summed E-state index contributed by atoms with van der Waals surface area (Å²) < 4.78 is 13.1. The van der Waals surface area contributed by atoms with Gasteiger partial charge in [0, 0.05) is 24.8 Å². The Morgan fingerprint density at radius 2 is 2.21 bits per heavy atom. The molecule has 0 bridgehead atoms. The van der Waals surface area contributed by atoms with Gasteiger partial charge in [0.05, 0.1) is 5.02 Å². The third-order valence-electron chi connectivity index (χ3n) is 3.50. The zero-order valence-corrected chi connectivity index (χ0v) is 11.4. The van der Waals surface area contributed by atoms with Crippen molar-refractivity contribution in [2.45, 2.75) is 31.7 Å². The molecule has 0 spiro atoms. The van der Waals surface area contributed by atoms with Crippen molar-refractivity contribution >= 4 is 17.5 Å². The highest BCUT2D eigenvalue weighted by Crippen LogP contribution is 2.27. The maximum absolute atomic E-state index is 13.1. The Balaban J connectivity index is 2.15. The van der Waals surface area contributed by atoms with Crippen LogP contribution in [0.2, 0.25) is 5.02 Å². The zero-order valence-electron chi connectivity index (χ0n) is 10.6. The second kappa shape index (κ2) is 6.35. The van der Waals surface area contributed by atoms with Crippen LogP contribution in [0.5, 0.6) is 0 Å². The van der Waals surface area contributed by atoms with Gasteiger partial charge >= 0.3 is 0 Å². The molecule has 1 N–H and O–H groups in total. The van der Waals surface area contributed by atoms with E-state index in [1.54, 1.807) is 4.90 Å². The lowest BCUT2D eigenvalue weighted by Crippen LogP contribution is -2.45. The number of nitrogens with zero attached hydrogens (tertiary/aromatic N) is 1. The van der Waals surface area contributed by atoms with Gasteiger partial charge in [0.15, 0.2) is 0 Å². The van der Waals surface area contributed by atoms with E-state index in [1.807, 2.05) is 0 Å². The highest BCUT2D eigenvalue weighted by atomic mass is 35.5. The van der Waals surface area contributed by atoms with Crippen LogP contribution < -0.4 is 0 Å². The fourth-order valence-electron chi connectivity index (χ4n) is 2.18. The molecule has 0 saturated heterocycles. The first-order valence-corrected chi connectivity index (χ1v) is 6.88. The average Bonchev–Trinajstić information content (AvgIpc) is 2.34. The van der Waals surface area contributed by atoms with Crippen LogP contribution in [0, 0.1) is 5.82 Å². The molecule has 1 amide bonds. The maximum atomic E-state index is 13.1. The molecule has 1 aromatic carbocycles. The van der Waals surface area contributed by atoms with Crippen LogP contribution in [0.25, 0.3) is 0 Å². The lowest BCUT2D eigenvalue weighted by Gasteiger charge is -2.37. The molecule has 104 valence electrons. The van der Waals surface area contributed by atoms with Gasteiger partial charge in [0.2, 0.25) is 0 Å². The van der Waals surface area contributed by atoms with E-state index in [-0.39, 0.29) is 23.6 Å². The Bertz CT molecular complexity index is 463. The minimum Gasteiger partial charge on any atom is -0.396 e. The van der Waals surface area contributed by atoms with Crippen LogP contribution in [0.1, 0.15) is 36.0 Å². The summed E-state index contributed by atoms with van der Waals surface area (Å²) in [7, 11) is 0. The monoisotopic (exact) mass is 285 g/mol. The summed E-state index contributed by atoms with van der Waals surface area (Å²) in [5.74, 6) is -0.663. The lowest BCUT2D eigenvalue weighted by atomic mass is 9.90. The topological polar surface area (TPSA) is 40.5 Å². The molecule has 0 aliphatic heterocycles. The zero-order chi connectivity index (χ0) is 13.8. The van der Waals surface area contributed by atoms with Crippen molar-refractivity contribution in [1.82, 2.24) is 4.90 Å². The summed E-state index contributed by atoms with van der Waals surface area (Å²) in [6.45, 7) is 0.579. The van der Waals surface area contributed by atoms with Crippen LogP contribution in [0.4, 0.5) is 4.39 Å². The van der Waals surface area contributed by atoms with Crippen molar-refractivity contribution in [2.75, 3.05) is 13.2 Å². The second-order valence-electron chi connectivity index (χ2n) is 4.79. The first-order valence-electron chi connectivity index (χ1n) is 6.50. The normalized spacial score (nSPS) is 15.1. The summed E-state index contributed by atoms with van der Waals surface area (Å²) in [6, 6.07) is 4.27. The number of hydrogen-bond donors (Lipinski definition) is 1. The highest BCUT2D eigenvalue weighted by molar-refractivity contribution is 6.31. The highest BCUT2D eigenvalue weighted by Gasteiger charge is 2.29. The molecule has 1 saturated carbocycles. The predicted octanol–water partition coefficient (Wildman–Crippen LogP) is 2.86. The van der Waals surface area contributed by atoms with Gasteiger partial charge in [-0.2, -0.15) is 0 Å². The Morgan fingerprint density at radius 3 is 2.74 bits per heavy atom. The molecule has 2 rings (SSSR count). The quantitative estimate of drug-likeness (QED) is 0.904. The van der Waals surface area contributed by atoms with E-state index >= 15 is 0 Å². The molecule has 1 aromatic rings. The summed E-state index contributed by atoms with van der Waals surface area (Å²) in [5, 5.41) is 8.87. The molecule has 0 atom stereocenters. The molecule has 0 aromatic heterocycles. The molecule has 0 heterocycles. The fourth-order valence-corrected chi connectivity index (χ4v) is 2.36. The van der Waals surface area contributed by atoms with Crippen molar-refractivity contribution in [1.29, 1.82) is 0 Å². The third kappa shape index (κ3) is 3.25. The molecule has 5 heteroatoms. The van der Waals surface area contributed by atoms with E-state index in [4.69, 9.17) is 16.7 Å². The van der Waals surface area contributed by atoms with Gasteiger partial charge in [-0.15, -0.1) is 0 Å². The summed E-state index contributed by atoms with van der Waals surface area (Å²) in [4.78, 5) is 14.2. The minimum atomic E-state index is -0.524. The van der Waals surface area contributed by atoms with Crippen LogP contribution in [-0.4, -0.2) is 35.1 Å².